The Morgan fingerprint density at radius 1 is 1.25 bits per heavy atom. The fraction of sp³-hybridized carbons (Fsp3) is 1.00. The first-order valence-electron chi connectivity index (χ1n) is 4.89. The van der Waals surface area contributed by atoms with Crippen LogP contribution < -0.4 is 0 Å². The first kappa shape index (κ1) is 10.0. The highest BCUT2D eigenvalue weighted by Crippen LogP contribution is 2.39. The zero-order valence-corrected chi connectivity index (χ0v) is 9.11. The summed E-state index contributed by atoms with van der Waals surface area (Å²) in [5.41, 5.74) is 0.786. The van der Waals surface area contributed by atoms with Crippen molar-refractivity contribution in [2.24, 2.45) is 16.7 Å². The molecule has 1 atom stereocenters. The van der Waals surface area contributed by atoms with Crippen LogP contribution in [0, 0.1) is 16.7 Å². The van der Waals surface area contributed by atoms with E-state index in [0.29, 0.717) is 10.8 Å². The van der Waals surface area contributed by atoms with Crippen molar-refractivity contribution < 1.29 is 4.74 Å². The summed E-state index contributed by atoms with van der Waals surface area (Å²) < 4.78 is 5.62. The SMILES string of the molecule is CC1(C)COCC(C(C)(C)C)C1. The molecule has 0 bridgehead atoms. The van der Waals surface area contributed by atoms with Gasteiger partial charge in [0.25, 0.3) is 0 Å². The second kappa shape index (κ2) is 3.02. The van der Waals surface area contributed by atoms with Crippen LogP contribution in [0.5, 0.6) is 0 Å². The van der Waals surface area contributed by atoms with Gasteiger partial charge < -0.3 is 4.74 Å². The lowest BCUT2D eigenvalue weighted by Crippen LogP contribution is -2.38. The Balaban J connectivity index is 2.58. The molecular formula is C11H22O. The topological polar surface area (TPSA) is 9.23 Å². The van der Waals surface area contributed by atoms with Crippen molar-refractivity contribution in [3.05, 3.63) is 0 Å². The lowest BCUT2D eigenvalue weighted by atomic mass is 9.71. The molecule has 72 valence electrons. The van der Waals surface area contributed by atoms with Crippen LogP contribution in [-0.2, 0) is 4.74 Å². The molecule has 0 aromatic carbocycles. The Kier molecular flexibility index (Phi) is 2.53. The van der Waals surface area contributed by atoms with Crippen LogP contribution in [0.2, 0.25) is 0 Å². The Morgan fingerprint density at radius 3 is 2.17 bits per heavy atom. The summed E-state index contributed by atoms with van der Waals surface area (Å²) in [6.45, 7) is 13.4. The van der Waals surface area contributed by atoms with E-state index in [-0.39, 0.29) is 0 Å². The van der Waals surface area contributed by atoms with Crippen LogP contribution in [0.25, 0.3) is 0 Å². The van der Waals surface area contributed by atoms with Crippen molar-refractivity contribution in [1.29, 1.82) is 0 Å². The maximum atomic E-state index is 5.62. The van der Waals surface area contributed by atoms with Crippen LogP contribution in [0.1, 0.15) is 41.0 Å². The molecule has 1 aliphatic rings. The maximum absolute atomic E-state index is 5.62. The molecule has 0 radical (unpaired) electrons. The van der Waals surface area contributed by atoms with Crippen LogP contribution in [0.15, 0.2) is 0 Å². The summed E-state index contributed by atoms with van der Waals surface area (Å²) in [7, 11) is 0. The summed E-state index contributed by atoms with van der Waals surface area (Å²) >= 11 is 0. The number of ether oxygens (including phenoxy) is 1. The number of hydrogen-bond donors (Lipinski definition) is 0. The van der Waals surface area contributed by atoms with Gasteiger partial charge in [0.05, 0.1) is 6.61 Å². The largest absolute Gasteiger partial charge is 0.381 e. The zero-order chi connectivity index (χ0) is 9.41. The van der Waals surface area contributed by atoms with Gasteiger partial charge in [-0.25, -0.2) is 0 Å². The smallest absolute Gasteiger partial charge is 0.0517 e. The minimum Gasteiger partial charge on any atom is -0.381 e. The highest BCUT2D eigenvalue weighted by Gasteiger charge is 2.35. The third kappa shape index (κ3) is 2.48. The predicted octanol–water partition coefficient (Wildman–Crippen LogP) is 3.10. The molecule has 0 N–H and O–H groups in total. The lowest BCUT2D eigenvalue weighted by molar-refractivity contribution is -0.0573. The zero-order valence-electron chi connectivity index (χ0n) is 9.11. The second-order valence-corrected chi connectivity index (χ2v) is 5.95. The molecule has 1 aliphatic heterocycles. The average Bonchev–Trinajstić information content (AvgIpc) is 1.83. The Morgan fingerprint density at radius 2 is 1.83 bits per heavy atom. The first-order valence-corrected chi connectivity index (χ1v) is 4.89. The van der Waals surface area contributed by atoms with Gasteiger partial charge in [0, 0.05) is 6.61 Å². The van der Waals surface area contributed by atoms with Crippen LogP contribution in [0.4, 0.5) is 0 Å². The van der Waals surface area contributed by atoms with Crippen LogP contribution >= 0.6 is 0 Å². The van der Waals surface area contributed by atoms with Gasteiger partial charge in [0.1, 0.15) is 0 Å². The molecule has 1 unspecified atom stereocenters. The van der Waals surface area contributed by atoms with Gasteiger partial charge in [-0.3, -0.25) is 0 Å². The molecule has 0 aliphatic carbocycles. The Labute approximate surface area is 76.5 Å². The number of hydrogen-bond acceptors (Lipinski definition) is 1. The van der Waals surface area contributed by atoms with Crippen molar-refractivity contribution in [3.8, 4) is 0 Å². The predicted molar refractivity (Wildman–Crippen MR) is 52.2 cm³/mol. The fourth-order valence-corrected chi connectivity index (χ4v) is 1.82. The lowest BCUT2D eigenvalue weighted by Gasteiger charge is -2.41. The maximum Gasteiger partial charge on any atom is 0.0517 e. The first-order chi connectivity index (χ1) is 5.31. The van der Waals surface area contributed by atoms with Crippen molar-refractivity contribution in [2.75, 3.05) is 13.2 Å². The molecule has 1 heteroatoms. The van der Waals surface area contributed by atoms with E-state index in [1.54, 1.807) is 0 Å². The molecule has 12 heavy (non-hydrogen) atoms. The molecule has 0 saturated carbocycles. The van der Waals surface area contributed by atoms with Gasteiger partial charge in [-0.05, 0) is 23.2 Å². The summed E-state index contributed by atoms with van der Waals surface area (Å²) in [5, 5.41) is 0. The Hall–Kier alpha value is -0.0400. The Bertz CT molecular complexity index is 150. The molecule has 0 aromatic heterocycles. The van der Waals surface area contributed by atoms with E-state index in [4.69, 9.17) is 4.74 Å². The third-order valence-corrected chi connectivity index (χ3v) is 2.84. The summed E-state index contributed by atoms with van der Waals surface area (Å²) in [6, 6.07) is 0. The quantitative estimate of drug-likeness (QED) is 0.543. The van der Waals surface area contributed by atoms with E-state index in [2.05, 4.69) is 34.6 Å². The van der Waals surface area contributed by atoms with E-state index in [0.717, 1.165) is 19.1 Å². The molecule has 1 rings (SSSR count). The highest BCUT2D eigenvalue weighted by atomic mass is 16.5. The third-order valence-electron chi connectivity index (χ3n) is 2.84. The van der Waals surface area contributed by atoms with Crippen LogP contribution in [0.3, 0.4) is 0 Å². The van der Waals surface area contributed by atoms with Gasteiger partial charge in [-0.2, -0.15) is 0 Å². The van der Waals surface area contributed by atoms with Crippen molar-refractivity contribution >= 4 is 0 Å². The molecule has 1 nitrogen and oxygen atoms in total. The molecule has 0 aromatic rings. The molecular weight excluding hydrogens is 148 g/mol. The van der Waals surface area contributed by atoms with Crippen molar-refractivity contribution in [1.82, 2.24) is 0 Å². The number of rotatable bonds is 0. The van der Waals surface area contributed by atoms with E-state index < -0.39 is 0 Å². The summed E-state index contributed by atoms with van der Waals surface area (Å²) in [5.74, 6) is 0.723. The van der Waals surface area contributed by atoms with E-state index in [9.17, 15) is 0 Å². The van der Waals surface area contributed by atoms with Crippen molar-refractivity contribution in [3.63, 3.8) is 0 Å². The monoisotopic (exact) mass is 170 g/mol. The van der Waals surface area contributed by atoms with E-state index in [1.807, 2.05) is 0 Å². The van der Waals surface area contributed by atoms with E-state index in [1.165, 1.54) is 6.42 Å². The van der Waals surface area contributed by atoms with Crippen LogP contribution in [-0.4, -0.2) is 13.2 Å². The molecule has 1 heterocycles. The van der Waals surface area contributed by atoms with Gasteiger partial charge in [0.2, 0.25) is 0 Å². The standard InChI is InChI=1S/C11H22O/c1-10(2,3)9-6-11(4,5)8-12-7-9/h9H,6-8H2,1-5H3. The molecule has 0 spiro atoms. The minimum atomic E-state index is 0.385. The van der Waals surface area contributed by atoms with Gasteiger partial charge >= 0.3 is 0 Å². The molecule has 0 amide bonds. The molecule has 1 fully saturated rings. The van der Waals surface area contributed by atoms with Gasteiger partial charge in [-0.15, -0.1) is 0 Å². The fourth-order valence-electron chi connectivity index (χ4n) is 1.82. The summed E-state index contributed by atoms with van der Waals surface area (Å²) in [4.78, 5) is 0. The normalized spacial score (nSPS) is 30.2. The van der Waals surface area contributed by atoms with Gasteiger partial charge in [-0.1, -0.05) is 34.6 Å². The summed E-state index contributed by atoms with van der Waals surface area (Å²) in [6.07, 6.45) is 1.30. The van der Waals surface area contributed by atoms with E-state index >= 15 is 0 Å². The second-order valence-electron chi connectivity index (χ2n) is 5.95. The average molecular weight is 170 g/mol. The molecule has 1 saturated heterocycles. The highest BCUT2D eigenvalue weighted by molar-refractivity contribution is 4.83. The van der Waals surface area contributed by atoms with Gasteiger partial charge in [0.15, 0.2) is 0 Å². The van der Waals surface area contributed by atoms with Crippen molar-refractivity contribution in [2.45, 2.75) is 41.0 Å². The minimum absolute atomic E-state index is 0.385.